The molecule has 1 aliphatic heterocycles. The summed E-state index contributed by atoms with van der Waals surface area (Å²) in [7, 11) is 0. The first kappa shape index (κ1) is 23.7. The lowest BCUT2D eigenvalue weighted by Gasteiger charge is -2.16. The van der Waals surface area contributed by atoms with Crippen LogP contribution in [0.1, 0.15) is 16.7 Å². The largest absolute Gasteiger partial charge is 0.416 e. The van der Waals surface area contributed by atoms with Gasteiger partial charge in [-0.3, -0.25) is 9.69 Å². The number of anilines is 1. The number of alkyl halides is 3. The fourth-order valence-electron chi connectivity index (χ4n) is 3.98. The molecular weight excluding hydrogens is 513 g/mol. The maximum absolute atomic E-state index is 13.2. The molecule has 0 unspecified atom stereocenters. The molecule has 35 heavy (non-hydrogen) atoms. The van der Waals surface area contributed by atoms with Gasteiger partial charge in [-0.1, -0.05) is 78.0 Å². The fraction of sp³-hybridized carbons (Fsp3) is 0.0769. The van der Waals surface area contributed by atoms with Crippen LogP contribution in [-0.4, -0.2) is 14.8 Å². The van der Waals surface area contributed by atoms with Crippen LogP contribution in [0.25, 0.3) is 17.0 Å². The maximum Gasteiger partial charge on any atom is 0.416 e. The minimum atomic E-state index is -4.52. The van der Waals surface area contributed by atoms with E-state index >= 15 is 0 Å². The highest BCUT2D eigenvalue weighted by molar-refractivity contribution is 8.27. The lowest BCUT2D eigenvalue weighted by atomic mass is 10.1. The summed E-state index contributed by atoms with van der Waals surface area (Å²) in [6.07, 6.45) is -0.848. The van der Waals surface area contributed by atoms with E-state index in [0.717, 1.165) is 50.8 Å². The molecule has 1 amide bonds. The smallest absolute Gasteiger partial charge is 0.342 e. The van der Waals surface area contributed by atoms with Crippen molar-refractivity contribution in [3.8, 4) is 0 Å². The van der Waals surface area contributed by atoms with Crippen LogP contribution < -0.4 is 4.90 Å². The number of carbonyl (C=O) groups is 1. The summed E-state index contributed by atoms with van der Waals surface area (Å²) in [5.41, 5.74) is 1.98. The summed E-state index contributed by atoms with van der Waals surface area (Å²) >= 11 is 12.8. The number of halogens is 4. The highest BCUT2D eigenvalue weighted by atomic mass is 35.5. The van der Waals surface area contributed by atoms with Crippen LogP contribution in [0.3, 0.4) is 0 Å². The van der Waals surface area contributed by atoms with Crippen molar-refractivity contribution in [3.05, 3.63) is 106 Å². The number of aromatic nitrogens is 1. The molecule has 1 saturated heterocycles. The highest BCUT2D eigenvalue weighted by Crippen LogP contribution is 2.39. The molecule has 0 radical (unpaired) electrons. The number of thioether (sulfide) groups is 1. The summed E-state index contributed by atoms with van der Waals surface area (Å²) in [5.74, 6) is -0.456. The molecule has 9 heteroatoms. The monoisotopic (exact) mass is 528 g/mol. The molecule has 0 saturated carbocycles. The zero-order valence-corrected chi connectivity index (χ0v) is 20.3. The van der Waals surface area contributed by atoms with E-state index in [0.29, 0.717) is 16.5 Å². The van der Waals surface area contributed by atoms with E-state index in [9.17, 15) is 18.0 Å². The topological polar surface area (TPSA) is 25.2 Å². The van der Waals surface area contributed by atoms with E-state index < -0.39 is 17.6 Å². The number of para-hydroxylation sites is 1. The van der Waals surface area contributed by atoms with Gasteiger partial charge in [0.25, 0.3) is 5.91 Å². The SMILES string of the molecule is O=C1/C(=C\c2cn(Cc3ccccc3Cl)c3ccccc23)SC(=S)N1c1cccc(C(F)(F)F)c1. The van der Waals surface area contributed by atoms with Gasteiger partial charge in [0.05, 0.1) is 16.2 Å². The van der Waals surface area contributed by atoms with Crippen molar-refractivity contribution in [2.75, 3.05) is 4.90 Å². The third kappa shape index (κ3) is 4.61. The minimum absolute atomic E-state index is 0.0897. The zero-order valence-electron chi connectivity index (χ0n) is 17.9. The van der Waals surface area contributed by atoms with Gasteiger partial charge in [-0.2, -0.15) is 13.2 Å². The lowest BCUT2D eigenvalue weighted by Crippen LogP contribution is -2.27. The molecule has 1 aromatic heterocycles. The van der Waals surface area contributed by atoms with Crippen LogP contribution in [0, 0.1) is 0 Å². The van der Waals surface area contributed by atoms with Crippen LogP contribution >= 0.6 is 35.6 Å². The van der Waals surface area contributed by atoms with Crippen molar-refractivity contribution in [1.29, 1.82) is 0 Å². The van der Waals surface area contributed by atoms with Crippen LogP contribution in [-0.2, 0) is 17.5 Å². The van der Waals surface area contributed by atoms with Crippen molar-refractivity contribution in [2.24, 2.45) is 0 Å². The number of carbonyl (C=O) groups excluding carboxylic acids is 1. The van der Waals surface area contributed by atoms with Crippen molar-refractivity contribution in [3.63, 3.8) is 0 Å². The number of nitrogens with zero attached hydrogens (tertiary/aromatic N) is 2. The second-order valence-electron chi connectivity index (χ2n) is 7.89. The third-order valence-electron chi connectivity index (χ3n) is 5.63. The van der Waals surface area contributed by atoms with E-state index in [1.807, 2.05) is 54.7 Å². The van der Waals surface area contributed by atoms with E-state index in [4.69, 9.17) is 23.8 Å². The average Bonchev–Trinajstić information content (AvgIpc) is 3.31. The quantitative estimate of drug-likeness (QED) is 0.200. The molecule has 3 nitrogen and oxygen atoms in total. The molecule has 0 bridgehead atoms. The van der Waals surface area contributed by atoms with Gasteiger partial charge < -0.3 is 4.57 Å². The zero-order chi connectivity index (χ0) is 24.7. The number of amides is 1. The van der Waals surface area contributed by atoms with E-state index in [1.165, 1.54) is 12.1 Å². The number of thiocarbonyl (C=S) groups is 1. The normalized spacial score (nSPS) is 15.5. The van der Waals surface area contributed by atoms with Gasteiger partial charge in [0, 0.05) is 34.2 Å². The van der Waals surface area contributed by atoms with Gasteiger partial charge in [-0.25, -0.2) is 0 Å². The molecule has 0 aliphatic carbocycles. The van der Waals surface area contributed by atoms with Gasteiger partial charge >= 0.3 is 6.18 Å². The number of hydrogen-bond acceptors (Lipinski definition) is 3. The number of hydrogen-bond donors (Lipinski definition) is 0. The van der Waals surface area contributed by atoms with Gasteiger partial charge in [0.2, 0.25) is 0 Å². The first-order chi connectivity index (χ1) is 16.7. The Balaban J connectivity index is 1.51. The molecule has 5 rings (SSSR count). The van der Waals surface area contributed by atoms with Crippen molar-refractivity contribution < 1.29 is 18.0 Å². The number of fused-ring (bicyclic) bond motifs is 1. The van der Waals surface area contributed by atoms with Gasteiger partial charge in [0.1, 0.15) is 0 Å². The lowest BCUT2D eigenvalue weighted by molar-refractivity contribution is -0.137. The molecular formula is C26H16ClF3N2OS2. The van der Waals surface area contributed by atoms with Gasteiger partial charge in [-0.05, 0) is 42.0 Å². The number of benzene rings is 3. The van der Waals surface area contributed by atoms with Crippen LogP contribution in [0.5, 0.6) is 0 Å². The Morgan fingerprint density at radius 1 is 1.00 bits per heavy atom. The van der Waals surface area contributed by atoms with Crippen LogP contribution in [0.15, 0.2) is 83.9 Å². The molecule has 3 aromatic carbocycles. The summed E-state index contributed by atoms with van der Waals surface area (Å²) in [5, 5.41) is 1.60. The molecule has 176 valence electrons. The van der Waals surface area contributed by atoms with Crippen molar-refractivity contribution in [1.82, 2.24) is 4.57 Å². The highest BCUT2D eigenvalue weighted by Gasteiger charge is 2.36. The molecule has 0 atom stereocenters. The second-order valence-corrected chi connectivity index (χ2v) is 9.97. The van der Waals surface area contributed by atoms with E-state index in [1.54, 1.807) is 6.08 Å². The molecule has 0 N–H and O–H groups in total. The summed E-state index contributed by atoms with van der Waals surface area (Å²) in [4.78, 5) is 14.7. The van der Waals surface area contributed by atoms with Crippen LogP contribution in [0.4, 0.5) is 18.9 Å². The second kappa shape index (κ2) is 9.18. The predicted octanol–water partition coefficient (Wildman–Crippen LogP) is 7.77. The first-order valence-corrected chi connectivity index (χ1v) is 12.1. The Hall–Kier alpha value is -3.07. The predicted molar refractivity (Wildman–Crippen MR) is 140 cm³/mol. The molecule has 4 aromatic rings. The fourth-order valence-corrected chi connectivity index (χ4v) is 5.47. The third-order valence-corrected chi connectivity index (χ3v) is 7.30. The summed E-state index contributed by atoms with van der Waals surface area (Å²) < 4.78 is 41.8. The van der Waals surface area contributed by atoms with Gasteiger partial charge in [-0.15, -0.1) is 0 Å². The van der Waals surface area contributed by atoms with Crippen molar-refractivity contribution >= 4 is 68.5 Å². The Morgan fingerprint density at radius 3 is 2.51 bits per heavy atom. The average molecular weight is 529 g/mol. The Morgan fingerprint density at radius 2 is 1.74 bits per heavy atom. The Kier molecular flexibility index (Phi) is 6.21. The maximum atomic E-state index is 13.2. The Bertz CT molecular complexity index is 1510. The number of rotatable bonds is 4. The molecule has 0 spiro atoms. The summed E-state index contributed by atoms with van der Waals surface area (Å²) in [6.45, 7) is 0.541. The van der Waals surface area contributed by atoms with Crippen LogP contribution in [0.2, 0.25) is 5.02 Å². The van der Waals surface area contributed by atoms with Crippen molar-refractivity contribution in [2.45, 2.75) is 12.7 Å². The van der Waals surface area contributed by atoms with E-state index in [2.05, 4.69) is 4.57 Å². The Labute approximate surface area is 213 Å². The molecule has 1 fully saturated rings. The molecule has 2 heterocycles. The molecule has 1 aliphatic rings. The minimum Gasteiger partial charge on any atom is -0.342 e. The summed E-state index contributed by atoms with van der Waals surface area (Å²) in [6, 6.07) is 20.0. The standard InChI is InChI=1S/C26H16ClF3N2OS2/c27-21-10-3-1-6-16(21)14-31-15-17(20-9-2-4-11-22(20)31)12-23-24(33)32(25(34)35-23)19-8-5-7-18(13-19)26(28,29)30/h1-13,15H,14H2/b23-12+. The van der Waals surface area contributed by atoms with E-state index in [-0.39, 0.29) is 10.0 Å². The van der Waals surface area contributed by atoms with Gasteiger partial charge in [0.15, 0.2) is 4.32 Å². The first-order valence-electron chi connectivity index (χ1n) is 10.5.